The number of fused-ring (bicyclic) bond motifs is 1. The molecular weight excluding hydrogens is 256 g/mol. The van der Waals surface area contributed by atoms with Gasteiger partial charge < -0.3 is 10.6 Å². The van der Waals surface area contributed by atoms with Gasteiger partial charge in [-0.2, -0.15) is 0 Å². The maximum atomic E-state index is 4.56. The van der Waals surface area contributed by atoms with Gasteiger partial charge in [-0.05, 0) is 49.1 Å². The molecule has 0 fully saturated rings. The van der Waals surface area contributed by atoms with E-state index in [-0.39, 0.29) is 0 Å². The Morgan fingerprint density at radius 1 is 1.26 bits per heavy atom. The quantitative estimate of drug-likeness (QED) is 0.841. The van der Waals surface area contributed by atoms with Crippen molar-refractivity contribution >= 4 is 23.4 Å². The second kappa shape index (κ2) is 5.59. The van der Waals surface area contributed by atoms with E-state index >= 15 is 0 Å². The summed E-state index contributed by atoms with van der Waals surface area (Å²) in [5.74, 6) is 0.666. The fourth-order valence-corrected chi connectivity index (χ4v) is 2.51. The summed E-state index contributed by atoms with van der Waals surface area (Å²) in [5, 5.41) is 6.57. The Balaban J connectivity index is 1.78. The fourth-order valence-electron chi connectivity index (χ4n) is 2.10. The molecule has 2 aromatic rings. The molecule has 0 amide bonds. The molecule has 1 aromatic heterocycles. The third-order valence-corrected chi connectivity index (χ3v) is 3.91. The number of benzene rings is 1. The number of hydrogen-bond acceptors (Lipinski definition) is 5. The number of nitrogens with zero attached hydrogens (tertiary/aromatic N) is 2. The van der Waals surface area contributed by atoms with Crippen LogP contribution in [0.3, 0.4) is 0 Å². The number of thioether (sulfide) groups is 1. The molecule has 19 heavy (non-hydrogen) atoms. The van der Waals surface area contributed by atoms with Crippen LogP contribution >= 0.6 is 11.8 Å². The van der Waals surface area contributed by atoms with Crippen LogP contribution in [0.1, 0.15) is 11.3 Å². The first-order valence-corrected chi connectivity index (χ1v) is 7.54. The van der Waals surface area contributed by atoms with Crippen LogP contribution in [0.15, 0.2) is 35.4 Å². The van der Waals surface area contributed by atoms with Crippen molar-refractivity contribution in [2.45, 2.75) is 17.9 Å². The largest absolute Gasteiger partial charge is 0.324 e. The molecule has 0 spiro atoms. The minimum Gasteiger partial charge on any atom is -0.324 e. The second-order valence-electron chi connectivity index (χ2n) is 4.45. The summed E-state index contributed by atoms with van der Waals surface area (Å²) in [6.45, 7) is 1.84. The van der Waals surface area contributed by atoms with E-state index in [1.54, 1.807) is 11.8 Å². The van der Waals surface area contributed by atoms with E-state index in [0.29, 0.717) is 5.95 Å². The molecule has 3 rings (SSSR count). The molecule has 2 heterocycles. The minimum absolute atomic E-state index is 0.666. The second-order valence-corrected chi connectivity index (χ2v) is 5.33. The van der Waals surface area contributed by atoms with Gasteiger partial charge in [0, 0.05) is 23.3 Å². The van der Waals surface area contributed by atoms with E-state index in [9.17, 15) is 0 Å². The summed E-state index contributed by atoms with van der Waals surface area (Å²) in [7, 11) is 0. The van der Waals surface area contributed by atoms with E-state index < -0.39 is 0 Å². The lowest BCUT2D eigenvalue weighted by Crippen LogP contribution is -2.25. The van der Waals surface area contributed by atoms with Gasteiger partial charge in [0.25, 0.3) is 0 Å². The van der Waals surface area contributed by atoms with Crippen molar-refractivity contribution in [2.75, 3.05) is 18.1 Å². The van der Waals surface area contributed by atoms with Gasteiger partial charge in [0.15, 0.2) is 0 Å². The molecule has 1 aliphatic rings. The molecule has 0 atom stereocenters. The molecule has 5 heteroatoms. The zero-order chi connectivity index (χ0) is 13.1. The molecule has 0 bridgehead atoms. The average molecular weight is 272 g/mol. The molecule has 2 N–H and O–H groups in total. The normalized spacial score (nSPS) is 13.9. The third-order valence-electron chi connectivity index (χ3n) is 3.16. The van der Waals surface area contributed by atoms with Crippen molar-refractivity contribution in [3.63, 3.8) is 0 Å². The zero-order valence-corrected chi connectivity index (χ0v) is 11.6. The van der Waals surface area contributed by atoms with Crippen LogP contribution in [-0.2, 0) is 13.0 Å². The van der Waals surface area contributed by atoms with Crippen LogP contribution in [-0.4, -0.2) is 22.8 Å². The van der Waals surface area contributed by atoms with E-state index in [0.717, 1.165) is 30.9 Å². The van der Waals surface area contributed by atoms with Crippen LogP contribution in [0.2, 0.25) is 0 Å². The van der Waals surface area contributed by atoms with Crippen LogP contribution in [0.4, 0.5) is 11.6 Å². The molecule has 0 aliphatic carbocycles. The zero-order valence-electron chi connectivity index (χ0n) is 10.8. The summed E-state index contributed by atoms with van der Waals surface area (Å²) in [6, 6.07) is 8.28. The number of nitrogens with one attached hydrogen (secondary N) is 2. The lowest BCUT2D eigenvalue weighted by Gasteiger charge is -2.16. The summed E-state index contributed by atoms with van der Waals surface area (Å²) >= 11 is 1.74. The van der Waals surface area contributed by atoms with Gasteiger partial charge in [-0.3, -0.25) is 0 Å². The van der Waals surface area contributed by atoms with E-state index in [1.807, 2.05) is 18.3 Å². The molecular formula is C14H16N4S. The van der Waals surface area contributed by atoms with E-state index in [4.69, 9.17) is 0 Å². The van der Waals surface area contributed by atoms with Crippen molar-refractivity contribution in [1.82, 2.24) is 15.3 Å². The first-order valence-electron chi connectivity index (χ1n) is 6.32. The monoisotopic (exact) mass is 272 g/mol. The van der Waals surface area contributed by atoms with Gasteiger partial charge in [-0.1, -0.05) is 0 Å². The SMILES string of the molecule is CSc1ccc(Nc2ncc3c(n2)CNCC3)cc1. The standard InChI is InChI=1S/C14H16N4S/c1-19-12-4-2-11(3-5-12)17-14-16-8-10-6-7-15-9-13(10)18-14/h2-5,8,15H,6-7,9H2,1H3,(H,16,17,18). The molecule has 0 saturated heterocycles. The van der Waals surface area contributed by atoms with E-state index in [1.165, 1.54) is 10.5 Å². The smallest absolute Gasteiger partial charge is 0.227 e. The summed E-state index contributed by atoms with van der Waals surface area (Å²) in [6.07, 6.45) is 5.02. The molecule has 1 aliphatic heterocycles. The van der Waals surface area contributed by atoms with Crippen molar-refractivity contribution < 1.29 is 0 Å². The van der Waals surface area contributed by atoms with Gasteiger partial charge in [-0.15, -0.1) is 11.8 Å². The predicted octanol–water partition coefficient (Wildman–Crippen LogP) is 2.59. The number of anilines is 2. The van der Waals surface area contributed by atoms with E-state index in [2.05, 4.69) is 39.0 Å². The van der Waals surface area contributed by atoms with Crippen LogP contribution in [0, 0.1) is 0 Å². The van der Waals surface area contributed by atoms with Crippen LogP contribution in [0.25, 0.3) is 0 Å². The molecule has 4 nitrogen and oxygen atoms in total. The molecule has 0 unspecified atom stereocenters. The van der Waals surface area contributed by atoms with Crippen molar-refractivity contribution in [1.29, 1.82) is 0 Å². The van der Waals surface area contributed by atoms with Gasteiger partial charge in [0.1, 0.15) is 0 Å². The van der Waals surface area contributed by atoms with Crippen molar-refractivity contribution in [2.24, 2.45) is 0 Å². The van der Waals surface area contributed by atoms with Crippen LogP contribution in [0.5, 0.6) is 0 Å². The Hall–Kier alpha value is -1.59. The highest BCUT2D eigenvalue weighted by atomic mass is 32.2. The van der Waals surface area contributed by atoms with Gasteiger partial charge in [0.2, 0.25) is 5.95 Å². The molecule has 0 saturated carbocycles. The molecule has 1 aromatic carbocycles. The molecule has 98 valence electrons. The number of hydrogen-bond donors (Lipinski definition) is 2. The summed E-state index contributed by atoms with van der Waals surface area (Å²) < 4.78 is 0. The average Bonchev–Trinajstić information content (AvgIpc) is 2.48. The van der Waals surface area contributed by atoms with Crippen LogP contribution < -0.4 is 10.6 Å². The highest BCUT2D eigenvalue weighted by molar-refractivity contribution is 7.98. The number of rotatable bonds is 3. The Labute approximate surface area is 117 Å². The van der Waals surface area contributed by atoms with Crippen molar-refractivity contribution in [3.8, 4) is 0 Å². The summed E-state index contributed by atoms with van der Waals surface area (Å²) in [4.78, 5) is 10.2. The first kappa shape index (κ1) is 12.4. The topological polar surface area (TPSA) is 49.8 Å². The van der Waals surface area contributed by atoms with Gasteiger partial charge in [0.05, 0.1) is 5.69 Å². The maximum Gasteiger partial charge on any atom is 0.227 e. The Morgan fingerprint density at radius 3 is 2.89 bits per heavy atom. The summed E-state index contributed by atoms with van der Waals surface area (Å²) in [5.41, 5.74) is 3.37. The minimum atomic E-state index is 0.666. The Morgan fingerprint density at radius 2 is 2.11 bits per heavy atom. The number of aromatic nitrogens is 2. The maximum absolute atomic E-state index is 4.56. The molecule has 0 radical (unpaired) electrons. The Kier molecular flexibility index (Phi) is 3.66. The predicted molar refractivity (Wildman–Crippen MR) is 78.9 cm³/mol. The third kappa shape index (κ3) is 2.88. The lowest BCUT2D eigenvalue weighted by molar-refractivity contribution is 0.624. The van der Waals surface area contributed by atoms with Gasteiger partial charge >= 0.3 is 0 Å². The highest BCUT2D eigenvalue weighted by Crippen LogP contribution is 2.20. The lowest BCUT2D eigenvalue weighted by atomic mass is 10.1. The highest BCUT2D eigenvalue weighted by Gasteiger charge is 2.11. The van der Waals surface area contributed by atoms with Crippen molar-refractivity contribution in [3.05, 3.63) is 41.7 Å². The first-order chi connectivity index (χ1) is 9.35. The fraction of sp³-hybridized carbons (Fsp3) is 0.286. The Bertz CT molecular complexity index is 568. The van der Waals surface area contributed by atoms with Gasteiger partial charge in [-0.25, -0.2) is 9.97 Å².